The Labute approximate surface area is 242 Å². The van der Waals surface area contributed by atoms with Gasteiger partial charge in [0.1, 0.15) is 12.3 Å². The van der Waals surface area contributed by atoms with Crippen molar-refractivity contribution in [3.05, 3.63) is 59.5 Å². The molecular weight excluding hydrogens is 556 g/mol. The summed E-state index contributed by atoms with van der Waals surface area (Å²) in [7, 11) is 2.99. The molecule has 4 rings (SSSR count). The summed E-state index contributed by atoms with van der Waals surface area (Å²) in [6.07, 6.45) is 1.41. The number of halogens is 4. The zero-order chi connectivity index (χ0) is 30.5. The molecule has 2 aliphatic heterocycles. The Balaban J connectivity index is 1.55. The van der Waals surface area contributed by atoms with Crippen LogP contribution in [-0.4, -0.2) is 98.5 Å². The van der Waals surface area contributed by atoms with Crippen molar-refractivity contribution in [2.75, 3.05) is 58.9 Å². The molecule has 0 amide bonds. The fourth-order valence-electron chi connectivity index (χ4n) is 5.29. The third-order valence-electron chi connectivity index (χ3n) is 7.48. The number of hydrogen-bond acceptors (Lipinski definition) is 7. The van der Waals surface area contributed by atoms with E-state index in [-0.39, 0.29) is 24.4 Å². The van der Waals surface area contributed by atoms with Crippen LogP contribution in [0.2, 0.25) is 0 Å². The molecule has 1 fully saturated rings. The van der Waals surface area contributed by atoms with Crippen LogP contribution in [0.25, 0.3) is 0 Å². The second-order valence-corrected chi connectivity index (χ2v) is 10.4. The molecule has 1 aromatic rings. The smallest absolute Gasteiger partial charge is 0.406 e. The molecule has 0 spiro atoms. The van der Waals surface area contributed by atoms with Gasteiger partial charge in [-0.3, -0.25) is 9.89 Å². The number of aliphatic imine (C=N–C) groups is 1. The molecule has 2 N–H and O–H groups in total. The van der Waals surface area contributed by atoms with Crippen LogP contribution in [0, 0.1) is 17.3 Å². The molecule has 0 saturated carbocycles. The molecule has 3 aliphatic rings. The van der Waals surface area contributed by atoms with Crippen molar-refractivity contribution in [3.63, 3.8) is 0 Å². The number of aromatic carboxylic acids is 1. The van der Waals surface area contributed by atoms with Gasteiger partial charge in [-0.25, -0.2) is 9.18 Å². The van der Waals surface area contributed by atoms with E-state index < -0.39 is 36.3 Å². The number of hydrogen-bond donors (Lipinski definition) is 2. The molecule has 1 aromatic carbocycles. The van der Waals surface area contributed by atoms with Crippen LogP contribution in [0.3, 0.4) is 0 Å². The van der Waals surface area contributed by atoms with Gasteiger partial charge in [-0.15, -0.1) is 0 Å². The third-order valence-corrected chi connectivity index (χ3v) is 7.48. The number of allylic oxidation sites excluding steroid dienone is 3. The lowest BCUT2D eigenvalue weighted by Gasteiger charge is -2.37. The van der Waals surface area contributed by atoms with E-state index in [1.54, 1.807) is 38.3 Å². The molecule has 8 nitrogen and oxygen atoms in total. The standard InChI is InChI=1S/C30H34F4N4O4/c1-29-17-21(6-5-12-35-24-10-9-20(28(39)40)16-25(24)42-3)38(19-30(32,33)34)27(29)8-4-7-26(29)36-23-11-13-37(14-15-41-2)18-22(23)31/h4,7-10,16-17,22,26,35H,11-15,18-19H2,1-3H3,(H,39,40)/t22-,26?,29?/m1/s1. The number of benzene rings is 1. The highest BCUT2D eigenvalue weighted by Gasteiger charge is 2.48. The summed E-state index contributed by atoms with van der Waals surface area (Å²) in [5.41, 5.74) is 0.565. The Morgan fingerprint density at radius 1 is 1.31 bits per heavy atom. The molecule has 42 heavy (non-hydrogen) atoms. The van der Waals surface area contributed by atoms with E-state index in [4.69, 9.17) is 14.5 Å². The summed E-state index contributed by atoms with van der Waals surface area (Å²) < 4.78 is 66.4. The van der Waals surface area contributed by atoms with E-state index in [2.05, 4.69) is 17.2 Å². The van der Waals surface area contributed by atoms with Gasteiger partial charge in [-0.2, -0.15) is 13.2 Å². The van der Waals surface area contributed by atoms with Crippen LogP contribution in [0.4, 0.5) is 23.2 Å². The van der Waals surface area contributed by atoms with Gasteiger partial charge in [0.15, 0.2) is 6.17 Å². The molecule has 226 valence electrons. The first-order valence-corrected chi connectivity index (χ1v) is 13.5. The molecule has 1 aliphatic carbocycles. The minimum absolute atomic E-state index is 0.0500. The highest BCUT2D eigenvalue weighted by Crippen LogP contribution is 2.48. The molecule has 12 heteroatoms. The van der Waals surface area contributed by atoms with Crippen LogP contribution >= 0.6 is 0 Å². The molecule has 0 bridgehead atoms. The summed E-state index contributed by atoms with van der Waals surface area (Å²) in [6, 6.07) is 3.70. The zero-order valence-electron chi connectivity index (χ0n) is 23.7. The normalized spacial score (nSPS) is 24.9. The van der Waals surface area contributed by atoms with Crippen molar-refractivity contribution in [2.45, 2.75) is 31.7 Å². The van der Waals surface area contributed by atoms with Crippen LogP contribution < -0.4 is 10.1 Å². The number of rotatable bonds is 9. The van der Waals surface area contributed by atoms with E-state index in [0.717, 1.165) is 4.90 Å². The number of carboxylic acid groups (broad SMARTS) is 1. The number of anilines is 1. The molecule has 2 heterocycles. The Morgan fingerprint density at radius 3 is 2.76 bits per heavy atom. The fraction of sp³-hybridized carbons (Fsp3) is 0.467. The first-order valence-electron chi connectivity index (χ1n) is 13.5. The highest BCUT2D eigenvalue weighted by atomic mass is 19.4. The number of carboxylic acids is 1. The van der Waals surface area contributed by atoms with Crippen molar-refractivity contribution >= 4 is 17.4 Å². The summed E-state index contributed by atoms with van der Waals surface area (Å²) in [5.74, 6) is 4.92. The van der Waals surface area contributed by atoms with Gasteiger partial charge >= 0.3 is 12.1 Å². The van der Waals surface area contributed by atoms with Crippen LogP contribution in [0.15, 0.2) is 58.9 Å². The Bertz CT molecular complexity index is 1360. The molecule has 0 aromatic heterocycles. The van der Waals surface area contributed by atoms with Gasteiger partial charge in [-0.05, 0) is 43.2 Å². The zero-order valence-corrected chi connectivity index (χ0v) is 23.7. The first kappa shape index (κ1) is 31.1. The molecule has 1 saturated heterocycles. The second-order valence-electron chi connectivity index (χ2n) is 10.4. The Hall–Kier alpha value is -3.82. The number of fused-ring (bicyclic) bond motifs is 1. The maximum Gasteiger partial charge on any atom is 0.406 e. The minimum Gasteiger partial charge on any atom is -0.495 e. The number of likely N-dealkylation sites (tertiary alicyclic amines) is 1. The lowest BCUT2D eigenvalue weighted by molar-refractivity contribution is -0.138. The monoisotopic (exact) mass is 590 g/mol. The van der Waals surface area contributed by atoms with Gasteiger partial charge in [0.05, 0.1) is 48.7 Å². The van der Waals surface area contributed by atoms with Crippen molar-refractivity contribution in [1.82, 2.24) is 9.80 Å². The van der Waals surface area contributed by atoms with E-state index >= 15 is 4.39 Å². The van der Waals surface area contributed by atoms with Crippen molar-refractivity contribution in [3.8, 4) is 17.6 Å². The highest BCUT2D eigenvalue weighted by molar-refractivity contribution is 5.90. The van der Waals surface area contributed by atoms with Gasteiger partial charge in [0, 0.05) is 44.6 Å². The fourth-order valence-corrected chi connectivity index (χ4v) is 5.29. The second kappa shape index (κ2) is 13.0. The Morgan fingerprint density at radius 2 is 2.10 bits per heavy atom. The number of nitrogens with one attached hydrogen (secondary N) is 1. The van der Waals surface area contributed by atoms with Gasteiger partial charge in [0.2, 0.25) is 0 Å². The summed E-state index contributed by atoms with van der Waals surface area (Å²) >= 11 is 0. The van der Waals surface area contributed by atoms with Crippen LogP contribution in [-0.2, 0) is 4.74 Å². The first-order chi connectivity index (χ1) is 19.9. The quantitative estimate of drug-likeness (QED) is 0.323. The maximum absolute atomic E-state index is 15.1. The summed E-state index contributed by atoms with van der Waals surface area (Å²) in [5, 5.41) is 12.2. The van der Waals surface area contributed by atoms with Crippen molar-refractivity contribution in [1.29, 1.82) is 0 Å². The number of nitrogens with zero attached hydrogens (tertiary/aromatic N) is 3. The topological polar surface area (TPSA) is 86.6 Å². The van der Waals surface area contributed by atoms with Gasteiger partial charge < -0.3 is 24.8 Å². The van der Waals surface area contributed by atoms with E-state index in [1.807, 2.05) is 4.90 Å². The van der Waals surface area contributed by atoms with E-state index in [9.17, 15) is 23.1 Å². The molecule has 3 atom stereocenters. The third kappa shape index (κ3) is 7.14. The minimum atomic E-state index is -4.49. The summed E-state index contributed by atoms with van der Waals surface area (Å²) in [4.78, 5) is 19.1. The lowest BCUT2D eigenvalue weighted by Crippen LogP contribution is -2.45. The number of carbonyl (C=O) groups is 1. The molecular formula is C30H34F4N4O4. The average Bonchev–Trinajstić information content (AvgIpc) is 3.21. The van der Waals surface area contributed by atoms with Gasteiger partial charge in [0.25, 0.3) is 0 Å². The number of alkyl halides is 4. The van der Waals surface area contributed by atoms with E-state index in [0.29, 0.717) is 49.0 Å². The SMILES string of the molecule is COCCN1CCC(=NC2C=CC=C3N(CC(F)(F)F)C(C#CCNc4ccc(C(=O)O)cc4OC)=CC32C)[C@H](F)C1. The predicted octanol–water partition coefficient (Wildman–Crippen LogP) is 4.53. The van der Waals surface area contributed by atoms with Crippen molar-refractivity contribution < 1.29 is 36.9 Å². The molecule has 0 radical (unpaired) electrons. The lowest BCUT2D eigenvalue weighted by atomic mass is 9.77. The average molecular weight is 591 g/mol. The predicted molar refractivity (Wildman–Crippen MR) is 151 cm³/mol. The van der Waals surface area contributed by atoms with Crippen LogP contribution in [0.5, 0.6) is 5.75 Å². The number of methoxy groups -OCH3 is 2. The summed E-state index contributed by atoms with van der Waals surface area (Å²) in [6.45, 7) is 2.56. The number of piperidine rings is 1. The van der Waals surface area contributed by atoms with Crippen molar-refractivity contribution in [2.24, 2.45) is 10.4 Å². The van der Waals surface area contributed by atoms with Crippen LogP contribution in [0.1, 0.15) is 23.7 Å². The van der Waals surface area contributed by atoms with Gasteiger partial charge in [-0.1, -0.05) is 18.1 Å². The van der Waals surface area contributed by atoms with E-state index in [1.165, 1.54) is 25.3 Å². The number of ether oxygens (including phenoxy) is 2. The Kier molecular flexibility index (Phi) is 9.64. The largest absolute Gasteiger partial charge is 0.495 e. The molecule has 2 unspecified atom stereocenters. The maximum atomic E-state index is 15.1.